The number of anilines is 2. The number of benzene rings is 2. The molecule has 6 nitrogen and oxygen atoms in total. The van der Waals surface area contributed by atoms with Crippen molar-refractivity contribution in [3.8, 4) is 0 Å². The zero-order valence-corrected chi connectivity index (χ0v) is 16.6. The number of aryl methyl sites for hydroxylation is 1. The van der Waals surface area contributed by atoms with Crippen LogP contribution >= 0.6 is 0 Å². The molecule has 1 unspecified atom stereocenters. The fourth-order valence-corrected chi connectivity index (χ4v) is 5.95. The smallest absolute Gasteiger partial charge is 0.261 e. The van der Waals surface area contributed by atoms with Crippen LogP contribution in [0.15, 0.2) is 65.6 Å². The van der Waals surface area contributed by atoms with Crippen LogP contribution in [0.5, 0.6) is 0 Å². The van der Waals surface area contributed by atoms with E-state index in [1.165, 1.54) is 29.2 Å². The van der Waals surface area contributed by atoms with Gasteiger partial charge in [0.05, 0.1) is 28.1 Å². The monoisotopic (exact) mass is 408 g/mol. The fraction of sp³-hybridized carbons (Fsp3) is 0.273. The van der Waals surface area contributed by atoms with Gasteiger partial charge in [-0.15, -0.1) is 0 Å². The summed E-state index contributed by atoms with van der Waals surface area (Å²) in [7, 11) is -3.77. The zero-order valence-electron chi connectivity index (χ0n) is 15.8. The zero-order chi connectivity index (χ0) is 20.3. The van der Waals surface area contributed by atoms with Gasteiger partial charge in [-0.05, 0) is 61.1 Å². The second-order valence-corrected chi connectivity index (χ2v) is 9.61. The number of rotatable bonds is 4. The van der Waals surface area contributed by atoms with Crippen LogP contribution in [-0.2, 0) is 19.6 Å². The molecular weight excluding hydrogens is 388 g/mol. The molecule has 29 heavy (non-hydrogen) atoms. The normalized spacial score (nSPS) is 27.6. The molecule has 0 radical (unpaired) electrons. The number of allylic oxidation sites excluding steroid dienone is 2. The Balaban J connectivity index is 1.40. The molecule has 1 saturated heterocycles. The minimum atomic E-state index is -3.77. The van der Waals surface area contributed by atoms with Crippen LogP contribution in [0.3, 0.4) is 0 Å². The summed E-state index contributed by atoms with van der Waals surface area (Å²) in [6.07, 6.45) is 4.98. The van der Waals surface area contributed by atoms with Crippen LogP contribution in [0.25, 0.3) is 0 Å². The molecule has 2 amide bonds. The molecule has 2 aliphatic carbocycles. The van der Waals surface area contributed by atoms with Crippen molar-refractivity contribution in [2.45, 2.75) is 18.2 Å². The Hall–Kier alpha value is -2.93. The lowest BCUT2D eigenvalue weighted by Crippen LogP contribution is -2.32. The van der Waals surface area contributed by atoms with Gasteiger partial charge in [0.25, 0.3) is 10.0 Å². The summed E-state index contributed by atoms with van der Waals surface area (Å²) < 4.78 is 28.0. The van der Waals surface area contributed by atoms with Crippen molar-refractivity contribution in [3.63, 3.8) is 0 Å². The van der Waals surface area contributed by atoms with Gasteiger partial charge in [0.15, 0.2) is 0 Å². The second kappa shape index (κ2) is 6.29. The lowest BCUT2D eigenvalue weighted by atomic mass is 9.85. The van der Waals surface area contributed by atoms with Gasteiger partial charge >= 0.3 is 0 Å². The van der Waals surface area contributed by atoms with Gasteiger partial charge in [-0.2, -0.15) is 0 Å². The van der Waals surface area contributed by atoms with Crippen molar-refractivity contribution in [1.29, 1.82) is 0 Å². The molecule has 2 aromatic rings. The number of nitrogens with zero attached hydrogens (tertiary/aromatic N) is 1. The summed E-state index contributed by atoms with van der Waals surface area (Å²) in [4.78, 5) is 27.1. The van der Waals surface area contributed by atoms with Gasteiger partial charge in [0, 0.05) is 0 Å². The molecule has 0 spiro atoms. The SMILES string of the molecule is Cc1ccccc1NS(=O)(=O)c1ccc(N2C(=O)[C@@H]3[C@H](C2=O)C2C=C[C@H]3C2)cc1. The maximum absolute atomic E-state index is 12.9. The third-order valence-electron chi connectivity index (χ3n) is 6.26. The van der Waals surface area contributed by atoms with Crippen molar-refractivity contribution in [2.24, 2.45) is 23.7 Å². The number of nitrogens with one attached hydrogen (secondary N) is 1. The maximum Gasteiger partial charge on any atom is 0.261 e. The first-order valence-corrected chi connectivity index (χ1v) is 11.1. The van der Waals surface area contributed by atoms with Crippen LogP contribution in [0, 0.1) is 30.6 Å². The average molecular weight is 408 g/mol. The molecule has 3 aliphatic rings. The van der Waals surface area contributed by atoms with Crippen molar-refractivity contribution in [1.82, 2.24) is 0 Å². The lowest BCUT2D eigenvalue weighted by Gasteiger charge is -2.18. The highest BCUT2D eigenvalue weighted by Crippen LogP contribution is 2.53. The van der Waals surface area contributed by atoms with Crippen molar-refractivity contribution in [2.75, 3.05) is 9.62 Å². The summed E-state index contributed by atoms with van der Waals surface area (Å²) in [5.74, 6) is -0.614. The Morgan fingerprint density at radius 1 is 0.897 bits per heavy atom. The first-order valence-electron chi connectivity index (χ1n) is 9.61. The van der Waals surface area contributed by atoms with Crippen LogP contribution in [-0.4, -0.2) is 20.2 Å². The molecule has 4 atom stereocenters. The maximum atomic E-state index is 12.9. The number of hydrogen-bond donors (Lipinski definition) is 1. The van der Waals surface area contributed by atoms with E-state index in [1.54, 1.807) is 12.1 Å². The van der Waals surface area contributed by atoms with E-state index in [2.05, 4.69) is 4.72 Å². The average Bonchev–Trinajstić information content (AvgIpc) is 3.38. The highest BCUT2D eigenvalue weighted by Gasteiger charge is 2.59. The van der Waals surface area contributed by atoms with Gasteiger partial charge in [0.2, 0.25) is 11.8 Å². The number of sulfonamides is 1. The summed E-state index contributed by atoms with van der Waals surface area (Å²) in [6, 6.07) is 13.0. The number of imide groups is 1. The second-order valence-electron chi connectivity index (χ2n) is 7.93. The van der Waals surface area contributed by atoms with Gasteiger partial charge in [-0.25, -0.2) is 8.42 Å². The quantitative estimate of drug-likeness (QED) is 0.622. The summed E-state index contributed by atoms with van der Waals surface area (Å²) >= 11 is 0. The molecule has 2 fully saturated rings. The first-order chi connectivity index (χ1) is 13.9. The number of para-hydroxylation sites is 1. The lowest BCUT2D eigenvalue weighted by molar-refractivity contribution is -0.123. The Bertz CT molecular complexity index is 1120. The van der Waals surface area contributed by atoms with Crippen LogP contribution in [0.2, 0.25) is 0 Å². The minimum absolute atomic E-state index is 0.0746. The molecule has 0 aromatic heterocycles. The molecule has 148 valence electrons. The largest absolute Gasteiger partial charge is 0.279 e. The Morgan fingerprint density at radius 3 is 2.07 bits per heavy atom. The number of carbonyl (C=O) groups is 2. The van der Waals surface area contributed by atoms with Crippen LogP contribution in [0.4, 0.5) is 11.4 Å². The Kier molecular flexibility index (Phi) is 3.93. The van der Waals surface area contributed by atoms with E-state index >= 15 is 0 Å². The number of fused-ring (bicyclic) bond motifs is 5. The predicted molar refractivity (Wildman–Crippen MR) is 109 cm³/mol. The highest BCUT2D eigenvalue weighted by molar-refractivity contribution is 7.92. The standard InChI is InChI=1S/C22H20N2O4S/c1-13-4-2-3-5-18(13)23-29(27,28)17-10-8-16(9-11-17)24-21(25)19-14-6-7-15(12-14)20(19)22(24)26/h2-11,14-15,19-20,23H,12H2,1H3/t14-,15?,19-,20+/m0/s1. The number of amides is 2. The van der Waals surface area contributed by atoms with Gasteiger partial charge in [0.1, 0.15) is 0 Å². The molecular formula is C22H20N2O4S. The van der Waals surface area contributed by atoms with E-state index in [1.807, 2.05) is 31.2 Å². The Labute approximate surface area is 169 Å². The van der Waals surface area contributed by atoms with E-state index in [0.29, 0.717) is 11.4 Å². The molecule has 5 rings (SSSR count). The number of carbonyl (C=O) groups excluding carboxylic acids is 2. The topological polar surface area (TPSA) is 83.6 Å². The third kappa shape index (κ3) is 2.72. The molecule has 1 aliphatic heterocycles. The molecule has 2 bridgehead atoms. The van der Waals surface area contributed by atoms with E-state index in [9.17, 15) is 18.0 Å². The van der Waals surface area contributed by atoms with E-state index in [-0.39, 0.29) is 40.4 Å². The first kappa shape index (κ1) is 18.1. The highest BCUT2D eigenvalue weighted by atomic mass is 32.2. The summed E-state index contributed by atoms with van der Waals surface area (Å²) in [5, 5.41) is 0. The molecule has 1 saturated carbocycles. The molecule has 1 heterocycles. The van der Waals surface area contributed by atoms with Gasteiger partial charge in [-0.3, -0.25) is 19.2 Å². The minimum Gasteiger partial charge on any atom is -0.279 e. The van der Waals surface area contributed by atoms with E-state index in [4.69, 9.17) is 0 Å². The van der Waals surface area contributed by atoms with Crippen molar-refractivity contribution >= 4 is 33.2 Å². The van der Waals surface area contributed by atoms with Crippen molar-refractivity contribution in [3.05, 3.63) is 66.2 Å². The van der Waals surface area contributed by atoms with E-state index in [0.717, 1.165) is 12.0 Å². The van der Waals surface area contributed by atoms with Crippen molar-refractivity contribution < 1.29 is 18.0 Å². The molecule has 1 N–H and O–H groups in total. The molecule has 2 aromatic carbocycles. The van der Waals surface area contributed by atoms with Crippen LogP contribution < -0.4 is 9.62 Å². The van der Waals surface area contributed by atoms with Gasteiger partial charge in [-0.1, -0.05) is 30.4 Å². The predicted octanol–water partition coefficient (Wildman–Crippen LogP) is 3.11. The summed E-state index contributed by atoms with van der Waals surface area (Å²) in [6.45, 7) is 1.82. The summed E-state index contributed by atoms with van der Waals surface area (Å²) in [5.41, 5.74) is 1.75. The van der Waals surface area contributed by atoms with Gasteiger partial charge < -0.3 is 0 Å². The third-order valence-corrected chi connectivity index (χ3v) is 7.65. The number of hydrogen-bond acceptors (Lipinski definition) is 4. The van der Waals surface area contributed by atoms with Crippen LogP contribution in [0.1, 0.15) is 12.0 Å². The van der Waals surface area contributed by atoms with E-state index < -0.39 is 10.0 Å². The fourth-order valence-electron chi connectivity index (χ4n) is 4.82. The molecule has 7 heteroatoms. The Morgan fingerprint density at radius 2 is 1.48 bits per heavy atom.